The molecule has 3 aromatic rings. The normalized spacial score (nSPS) is 15.1. The number of imidazole rings is 1. The maximum atomic E-state index is 12.6. The highest BCUT2D eigenvalue weighted by atomic mass is 16.5. The van der Waals surface area contributed by atoms with Crippen molar-refractivity contribution >= 4 is 22.5 Å². The minimum Gasteiger partial charge on any atom is -0.483 e. The number of aryl methyl sites for hydroxylation is 3. The van der Waals surface area contributed by atoms with Crippen molar-refractivity contribution in [1.82, 2.24) is 14.1 Å². The third-order valence-corrected chi connectivity index (χ3v) is 6.42. The van der Waals surface area contributed by atoms with Crippen LogP contribution in [-0.4, -0.2) is 33.1 Å². The number of pyridine rings is 1. The standard InChI is InChI=1S/C26H29N5O3/c1-18-9-10-21-22(31(18)19(2)34-3)11-12-23-26(21)28-24(30(23)17-20(32)7-6-14-27)13-16-29-15-5-4-8-25(29)33/h4-5,8,11-12,15,18H,2,6-7,9-10,13,16-17H2,1,3H3/t18-/m0/s1. The lowest BCUT2D eigenvalue weighted by molar-refractivity contribution is -0.119. The van der Waals surface area contributed by atoms with Crippen LogP contribution >= 0.6 is 0 Å². The quantitative estimate of drug-likeness (QED) is 0.454. The van der Waals surface area contributed by atoms with E-state index in [-0.39, 0.29) is 36.8 Å². The number of ketones is 1. The molecule has 0 amide bonds. The first-order valence-electron chi connectivity index (χ1n) is 11.5. The Morgan fingerprint density at radius 1 is 1.32 bits per heavy atom. The zero-order chi connectivity index (χ0) is 24.2. The molecule has 1 aromatic carbocycles. The third kappa shape index (κ3) is 4.46. The fraction of sp³-hybridized carbons (Fsp3) is 0.385. The van der Waals surface area contributed by atoms with E-state index < -0.39 is 0 Å². The number of hydrogen-bond donors (Lipinski definition) is 0. The number of Topliss-reactive ketones (excluding diaryl/α,β-unsaturated/α-hetero) is 1. The average Bonchev–Trinajstić information content (AvgIpc) is 3.18. The van der Waals surface area contributed by atoms with Gasteiger partial charge in [0.05, 0.1) is 30.8 Å². The molecule has 0 aliphatic carbocycles. The minimum absolute atomic E-state index is 0.0142. The van der Waals surface area contributed by atoms with Crippen molar-refractivity contribution in [1.29, 1.82) is 5.26 Å². The fourth-order valence-corrected chi connectivity index (χ4v) is 4.64. The molecule has 0 radical (unpaired) electrons. The van der Waals surface area contributed by atoms with Gasteiger partial charge in [0.1, 0.15) is 5.82 Å². The Morgan fingerprint density at radius 2 is 2.15 bits per heavy atom. The predicted molar refractivity (Wildman–Crippen MR) is 130 cm³/mol. The highest BCUT2D eigenvalue weighted by Crippen LogP contribution is 2.38. The second-order valence-electron chi connectivity index (χ2n) is 8.58. The van der Waals surface area contributed by atoms with Gasteiger partial charge in [-0.05, 0) is 44.5 Å². The largest absolute Gasteiger partial charge is 0.483 e. The first-order chi connectivity index (χ1) is 16.4. The molecule has 0 spiro atoms. The zero-order valence-electron chi connectivity index (χ0n) is 19.7. The molecule has 1 atom stereocenters. The number of carbonyl (C=O) groups excluding carboxylic acids is 1. The van der Waals surface area contributed by atoms with Crippen LogP contribution in [0.1, 0.15) is 37.6 Å². The Labute approximate surface area is 198 Å². The van der Waals surface area contributed by atoms with Gasteiger partial charge in [-0.3, -0.25) is 9.59 Å². The SMILES string of the molecule is C=C(OC)N1c2ccc3c(nc(CCn4ccccc4=O)n3CC(=O)CCC#N)c2CC[C@@H]1C. The molecule has 2 aromatic heterocycles. The summed E-state index contributed by atoms with van der Waals surface area (Å²) >= 11 is 0. The molecule has 4 rings (SSSR count). The Morgan fingerprint density at radius 3 is 2.88 bits per heavy atom. The van der Waals surface area contributed by atoms with Crippen molar-refractivity contribution in [3.05, 3.63) is 70.7 Å². The van der Waals surface area contributed by atoms with Gasteiger partial charge in [-0.15, -0.1) is 0 Å². The van der Waals surface area contributed by atoms with E-state index in [4.69, 9.17) is 15.0 Å². The number of fused-ring (bicyclic) bond motifs is 3. The second-order valence-corrected chi connectivity index (χ2v) is 8.58. The minimum atomic E-state index is -0.0738. The van der Waals surface area contributed by atoms with E-state index >= 15 is 0 Å². The first kappa shape index (κ1) is 23.3. The summed E-state index contributed by atoms with van der Waals surface area (Å²) in [6.45, 7) is 6.82. The highest BCUT2D eigenvalue weighted by molar-refractivity contribution is 5.88. The lowest BCUT2D eigenvalue weighted by Gasteiger charge is -2.37. The van der Waals surface area contributed by atoms with Gasteiger partial charge in [-0.1, -0.05) is 6.07 Å². The second kappa shape index (κ2) is 9.96. The van der Waals surface area contributed by atoms with Crippen molar-refractivity contribution in [2.75, 3.05) is 12.0 Å². The van der Waals surface area contributed by atoms with Gasteiger partial charge in [0.25, 0.3) is 5.56 Å². The van der Waals surface area contributed by atoms with Crippen LogP contribution in [0.3, 0.4) is 0 Å². The fourth-order valence-electron chi connectivity index (χ4n) is 4.64. The van der Waals surface area contributed by atoms with Crippen LogP contribution in [0.2, 0.25) is 0 Å². The maximum absolute atomic E-state index is 12.6. The summed E-state index contributed by atoms with van der Waals surface area (Å²) in [6, 6.07) is 11.4. The van der Waals surface area contributed by atoms with Gasteiger partial charge in [-0.2, -0.15) is 5.26 Å². The van der Waals surface area contributed by atoms with E-state index in [1.165, 1.54) is 6.07 Å². The number of anilines is 1. The van der Waals surface area contributed by atoms with Crippen LogP contribution in [0.5, 0.6) is 0 Å². The maximum Gasteiger partial charge on any atom is 0.250 e. The summed E-state index contributed by atoms with van der Waals surface area (Å²) < 4.78 is 9.03. The van der Waals surface area contributed by atoms with Crippen molar-refractivity contribution in [2.45, 2.75) is 58.2 Å². The number of ether oxygens (including phenoxy) is 1. The summed E-state index contributed by atoms with van der Waals surface area (Å²) in [5.74, 6) is 1.32. The predicted octanol–water partition coefficient (Wildman–Crippen LogP) is 3.57. The van der Waals surface area contributed by atoms with Gasteiger partial charge in [-0.25, -0.2) is 4.98 Å². The summed E-state index contributed by atoms with van der Waals surface area (Å²) in [7, 11) is 1.62. The first-order valence-corrected chi connectivity index (χ1v) is 11.5. The summed E-state index contributed by atoms with van der Waals surface area (Å²) in [6.07, 6.45) is 4.45. The number of methoxy groups -OCH3 is 1. The van der Waals surface area contributed by atoms with E-state index in [0.29, 0.717) is 18.8 Å². The molecule has 1 aliphatic rings. The molecular formula is C26H29N5O3. The zero-order valence-corrected chi connectivity index (χ0v) is 19.7. The van der Waals surface area contributed by atoms with E-state index in [1.807, 2.05) is 28.8 Å². The van der Waals surface area contributed by atoms with Crippen molar-refractivity contribution in [2.24, 2.45) is 0 Å². The Balaban J connectivity index is 1.78. The Kier molecular flexibility index (Phi) is 6.82. The molecule has 0 fully saturated rings. The van der Waals surface area contributed by atoms with Crippen molar-refractivity contribution < 1.29 is 9.53 Å². The average molecular weight is 460 g/mol. The molecule has 0 N–H and O–H groups in total. The molecule has 34 heavy (non-hydrogen) atoms. The molecule has 176 valence electrons. The monoisotopic (exact) mass is 459 g/mol. The number of benzene rings is 1. The van der Waals surface area contributed by atoms with Crippen LogP contribution in [0.4, 0.5) is 5.69 Å². The van der Waals surface area contributed by atoms with Gasteiger partial charge < -0.3 is 18.8 Å². The summed E-state index contributed by atoms with van der Waals surface area (Å²) in [4.78, 5) is 31.9. The molecule has 0 saturated carbocycles. The van der Waals surface area contributed by atoms with Crippen LogP contribution in [0.25, 0.3) is 11.0 Å². The van der Waals surface area contributed by atoms with Crippen LogP contribution in [0.15, 0.2) is 53.8 Å². The van der Waals surface area contributed by atoms with Gasteiger partial charge in [0, 0.05) is 55.4 Å². The lowest BCUT2D eigenvalue weighted by Crippen LogP contribution is -2.36. The van der Waals surface area contributed by atoms with Gasteiger partial charge >= 0.3 is 0 Å². The molecule has 8 nitrogen and oxygen atoms in total. The number of nitriles is 1. The van der Waals surface area contributed by atoms with Crippen LogP contribution in [-0.2, 0) is 35.5 Å². The summed E-state index contributed by atoms with van der Waals surface area (Å²) in [5, 5.41) is 8.87. The summed E-state index contributed by atoms with van der Waals surface area (Å²) in [5.41, 5.74) is 3.80. The molecular weight excluding hydrogens is 430 g/mol. The van der Waals surface area contributed by atoms with E-state index in [9.17, 15) is 9.59 Å². The number of aromatic nitrogens is 3. The van der Waals surface area contributed by atoms with Crippen molar-refractivity contribution in [3.63, 3.8) is 0 Å². The molecule has 0 saturated heterocycles. The lowest BCUT2D eigenvalue weighted by atomic mass is 9.95. The number of nitrogens with zero attached hydrogens (tertiary/aromatic N) is 5. The van der Waals surface area contributed by atoms with Gasteiger partial charge in [0.2, 0.25) is 0 Å². The van der Waals surface area contributed by atoms with Gasteiger partial charge in [0.15, 0.2) is 11.7 Å². The van der Waals surface area contributed by atoms with E-state index in [2.05, 4.69) is 18.4 Å². The number of carbonyl (C=O) groups is 1. The highest BCUT2D eigenvalue weighted by Gasteiger charge is 2.29. The molecule has 8 heteroatoms. The Bertz CT molecular complexity index is 1330. The third-order valence-electron chi connectivity index (χ3n) is 6.42. The van der Waals surface area contributed by atoms with Crippen LogP contribution in [0, 0.1) is 11.3 Å². The van der Waals surface area contributed by atoms with Crippen molar-refractivity contribution in [3.8, 4) is 6.07 Å². The molecule has 0 unspecified atom stereocenters. The number of hydrogen-bond acceptors (Lipinski definition) is 6. The van der Waals surface area contributed by atoms with Crippen LogP contribution < -0.4 is 10.5 Å². The topological polar surface area (TPSA) is 93.2 Å². The molecule has 0 bridgehead atoms. The Hall–Kier alpha value is -3.86. The van der Waals surface area contributed by atoms with E-state index in [0.717, 1.165) is 41.0 Å². The van der Waals surface area contributed by atoms with E-state index in [1.54, 1.807) is 23.9 Å². The number of rotatable bonds is 9. The smallest absolute Gasteiger partial charge is 0.250 e. The molecule has 1 aliphatic heterocycles. The molecule has 3 heterocycles.